The van der Waals surface area contributed by atoms with Crippen molar-refractivity contribution in [3.05, 3.63) is 47.4 Å². The van der Waals surface area contributed by atoms with Crippen LogP contribution in [0.4, 0.5) is 5.82 Å². The maximum atomic E-state index is 6.30. The van der Waals surface area contributed by atoms with Gasteiger partial charge in [-0.05, 0) is 12.0 Å². The van der Waals surface area contributed by atoms with Crippen LogP contribution in [-0.4, -0.2) is 9.55 Å². The highest BCUT2D eigenvalue weighted by Crippen LogP contribution is 2.29. The van der Waals surface area contributed by atoms with Gasteiger partial charge in [-0.25, -0.2) is 4.98 Å². The van der Waals surface area contributed by atoms with E-state index in [1.165, 1.54) is 5.56 Å². The molecular formula is C16H23N3. The number of benzene rings is 1. The van der Waals surface area contributed by atoms with Gasteiger partial charge in [-0.2, -0.15) is 0 Å². The molecule has 0 saturated carbocycles. The first-order chi connectivity index (χ1) is 9.19. The molecule has 0 aliphatic heterocycles. The number of nitrogen functional groups attached to an aromatic ring is 1. The lowest BCUT2D eigenvalue weighted by atomic mass is 9.98. The number of anilines is 1. The van der Waals surface area contributed by atoms with Crippen LogP contribution in [0.2, 0.25) is 0 Å². The largest absolute Gasteiger partial charge is 0.384 e. The summed E-state index contributed by atoms with van der Waals surface area (Å²) in [5, 5.41) is 0. The van der Waals surface area contributed by atoms with Gasteiger partial charge in [0, 0.05) is 18.9 Å². The van der Waals surface area contributed by atoms with E-state index in [1.807, 2.05) is 6.07 Å². The summed E-state index contributed by atoms with van der Waals surface area (Å²) >= 11 is 0. The number of nitrogens with zero attached hydrogens (tertiary/aromatic N) is 2. The van der Waals surface area contributed by atoms with E-state index in [1.54, 1.807) is 0 Å². The summed E-state index contributed by atoms with van der Waals surface area (Å²) in [7, 11) is 0. The lowest BCUT2D eigenvalue weighted by Crippen LogP contribution is -2.07. The Kier molecular flexibility index (Phi) is 4.25. The molecule has 2 rings (SSSR count). The molecule has 19 heavy (non-hydrogen) atoms. The van der Waals surface area contributed by atoms with E-state index in [-0.39, 0.29) is 5.92 Å². The van der Waals surface area contributed by atoms with Crippen molar-refractivity contribution in [2.24, 2.45) is 0 Å². The monoisotopic (exact) mass is 257 g/mol. The van der Waals surface area contributed by atoms with Gasteiger partial charge in [0.2, 0.25) is 0 Å². The van der Waals surface area contributed by atoms with Gasteiger partial charge in [-0.1, -0.05) is 51.1 Å². The minimum atomic E-state index is 0.240. The Morgan fingerprint density at radius 2 is 1.89 bits per heavy atom. The summed E-state index contributed by atoms with van der Waals surface area (Å²) in [5.74, 6) is 2.16. The van der Waals surface area contributed by atoms with Gasteiger partial charge in [-0.3, -0.25) is 0 Å². The molecule has 0 aliphatic carbocycles. The summed E-state index contributed by atoms with van der Waals surface area (Å²) in [6.45, 7) is 7.41. The fourth-order valence-electron chi connectivity index (χ4n) is 2.50. The molecule has 0 fully saturated rings. The average molecular weight is 257 g/mol. The Morgan fingerprint density at radius 1 is 1.21 bits per heavy atom. The third-order valence-electron chi connectivity index (χ3n) is 3.59. The minimum absolute atomic E-state index is 0.240. The number of hydrogen-bond acceptors (Lipinski definition) is 2. The predicted octanol–water partition coefficient (Wildman–Crippen LogP) is 3.59. The number of hydrogen-bond donors (Lipinski definition) is 1. The minimum Gasteiger partial charge on any atom is -0.384 e. The third-order valence-corrected chi connectivity index (χ3v) is 3.59. The summed E-state index contributed by atoms with van der Waals surface area (Å²) in [6, 6.07) is 10.4. The molecule has 102 valence electrons. The van der Waals surface area contributed by atoms with Crippen LogP contribution in [0.15, 0.2) is 30.3 Å². The highest BCUT2D eigenvalue weighted by Gasteiger charge is 2.19. The summed E-state index contributed by atoms with van der Waals surface area (Å²) in [6.07, 6.45) is 2.00. The summed E-state index contributed by atoms with van der Waals surface area (Å²) < 4.78 is 2.16. The Balaban J connectivity index is 2.40. The van der Waals surface area contributed by atoms with Crippen LogP contribution >= 0.6 is 0 Å². The second-order valence-corrected chi connectivity index (χ2v) is 4.94. The molecule has 0 amide bonds. The van der Waals surface area contributed by atoms with E-state index in [2.05, 4.69) is 49.6 Å². The van der Waals surface area contributed by atoms with E-state index in [0.717, 1.165) is 36.7 Å². The smallest absolute Gasteiger partial charge is 0.127 e. The van der Waals surface area contributed by atoms with E-state index < -0.39 is 0 Å². The maximum absolute atomic E-state index is 6.30. The molecule has 1 aromatic heterocycles. The van der Waals surface area contributed by atoms with Gasteiger partial charge in [0.05, 0.1) is 5.69 Å². The zero-order valence-corrected chi connectivity index (χ0v) is 12.1. The van der Waals surface area contributed by atoms with Crippen molar-refractivity contribution < 1.29 is 0 Å². The highest BCUT2D eigenvalue weighted by atomic mass is 15.1. The molecule has 0 saturated heterocycles. The molecular weight excluding hydrogens is 234 g/mol. The number of aryl methyl sites for hydroxylation is 1. The van der Waals surface area contributed by atoms with E-state index in [0.29, 0.717) is 0 Å². The van der Waals surface area contributed by atoms with Crippen LogP contribution in [0.1, 0.15) is 50.2 Å². The third kappa shape index (κ3) is 2.65. The normalized spacial score (nSPS) is 12.6. The second kappa shape index (κ2) is 5.91. The molecule has 1 heterocycles. The number of nitrogens with two attached hydrogens (primary N) is 1. The molecule has 0 aliphatic rings. The van der Waals surface area contributed by atoms with Gasteiger partial charge in [0.25, 0.3) is 0 Å². The van der Waals surface area contributed by atoms with Crippen molar-refractivity contribution in [1.82, 2.24) is 9.55 Å². The summed E-state index contributed by atoms with van der Waals surface area (Å²) in [4.78, 5) is 4.76. The van der Waals surface area contributed by atoms with Crippen molar-refractivity contribution in [1.29, 1.82) is 0 Å². The Bertz CT molecular complexity index is 528. The van der Waals surface area contributed by atoms with E-state index in [4.69, 9.17) is 10.7 Å². The first kappa shape index (κ1) is 13.7. The molecule has 2 N–H and O–H groups in total. The van der Waals surface area contributed by atoms with Gasteiger partial charge in [-0.15, -0.1) is 0 Å². The van der Waals surface area contributed by atoms with Crippen molar-refractivity contribution in [3.8, 4) is 0 Å². The van der Waals surface area contributed by atoms with Crippen molar-refractivity contribution in [2.45, 2.75) is 46.1 Å². The quantitative estimate of drug-likeness (QED) is 0.889. The lowest BCUT2D eigenvalue weighted by Gasteiger charge is -2.11. The molecule has 0 bridgehead atoms. The lowest BCUT2D eigenvalue weighted by molar-refractivity contribution is 0.650. The predicted molar refractivity (Wildman–Crippen MR) is 80.3 cm³/mol. The Hall–Kier alpha value is -1.77. The van der Waals surface area contributed by atoms with Gasteiger partial charge in [0.15, 0.2) is 0 Å². The molecule has 0 radical (unpaired) electrons. The van der Waals surface area contributed by atoms with Crippen molar-refractivity contribution in [2.75, 3.05) is 5.73 Å². The fourth-order valence-corrected chi connectivity index (χ4v) is 2.50. The topological polar surface area (TPSA) is 43.8 Å². The SMILES string of the molecule is CCCn1c(CC)nc(C(C)c2ccccc2)c1N. The molecule has 3 heteroatoms. The number of rotatable bonds is 5. The first-order valence-electron chi connectivity index (χ1n) is 7.08. The van der Waals surface area contributed by atoms with E-state index in [9.17, 15) is 0 Å². The van der Waals surface area contributed by atoms with Crippen molar-refractivity contribution >= 4 is 5.82 Å². The molecule has 1 atom stereocenters. The van der Waals surface area contributed by atoms with Crippen LogP contribution in [0.25, 0.3) is 0 Å². The molecule has 2 aromatic rings. The van der Waals surface area contributed by atoms with Crippen LogP contribution < -0.4 is 5.73 Å². The van der Waals surface area contributed by atoms with Crippen LogP contribution in [0.3, 0.4) is 0 Å². The second-order valence-electron chi connectivity index (χ2n) is 4.94. The first-order valence-corrected chi connectivity index (χ1v) is 7.08. The highest BCUT2D eigenvalue weighted by molar-refractivity contribution is 5.44. The molecule has 1 unspecified atom stereocenters. The molecule has 0 spiro atoms. The van der Waals surface area contributed by atoms with Gasteiger partial charge >= 0.3 is 0 Å². The van der Waals surface area contributed by atoms with Crippen LogP contribution in [0, 0.1) is 0 Å². The van der Waals surface area contributed by atoms with E-state index >= 15 is 0 Å². The van der Waals surface area contributed by atoms with Gasteiger partial charge in [0.1, 0.15) is 11.6 Å². The summed E-state index contributed by atoms with van der Waals surface area (Å²) in [5.41, 5.74) is 8.58. The maximum Gasteiger partial charge on any atom is 0.127 e. The zero-order chi connectivity index (χ0) is 13.8. The molecule has 3 nitrogen and oxygen atoms in total. The standard InChI is InChI=1S/C16H23N3/c1-4-11-19-14(5-2)18-15(16(19)17)12(3)13-9-7-6-8-10-13/h6-10,12H,4-5,11,17H2,1-3H3. The van der Waals surface area contributed by atoms with Crippen molar-refractivity contribution in [3.63, 3.8) is 0 Å². The Morgan fingerprint density at radius 3 is 2.47 bits per heavy atom. The molecule has 1 aromatic carbocycles. The Labute approximate surface area is 115 Å². The number of imidazole rings is 1. The average Bonchev–Trinajstić information content (AvgIpc) is 2.76. The number of aromatic nitrogens is 2. The van der Waals surface area contributed by atoms with Crippen LogP contribution in [0.5, 0.6) is 0 Å². The van der Waals surface area contributed by atoms with Crippen LogP contribution in [-0.2, 0) is 13.0 Å². The fraction of sp³-hybridized carbons (Fsp3) is 0.438. The zero-order valence-electron chi connectivity index (χ0n) is 12.1. The van der Waals surface area contributed by atoms with Gasteiger partial charge < -0.3 is 10.3 Å².